The van der Waals surface area contributed by atoms with Crippen LogP contribution in [0.25, 0.3) is 0 Å². The summed E-state index contributed by atoms with van der Waals surface area (Å²) in [5.41, 5.74) is 3.34. The maximum Gasteiger partial charge on any atom is 0.231 e. The summed E-state index contributed by atoms with van der Waals surface area (Å²) in [4.78, 5) is 0. The van der Waals surface area contributed by atoms with Gasteiger partial charge < -0.3 is 14.2 Å². The van der Waals surface area contributed by atoms with Crippen molar-refractivity contribution in [1.82, 2.24) is 5.01 Å². The van der Waals surface area contributed by atoms with Gasteiger partial charge in [-0.3, -0.25) is 0 Å². The molecule has 0 saturated carbocycles. The van der Waals surface area contributed by atoms with Crippen molar-refractivity contribution in [2.75, 3.05) is 6.79 Å². The topological polar surface area (TPSA) is 43.3 Å². The summed E-state index contributed by atoms with van der Waals surface area (Å²) in [6.45, 7) is 0.227. The van der Waals surface area contributed by atoms with Crippen molar-refractivity contribution >= 4 is 21.6 Å². The summed E-state index contributed by atoms with van der Waals surface area (Å²) >= 11 is 3.55. The third-order valence-corrected chi connectivity index (χ3v) is 6.12. The largest absolute Gasteiger partial charge is 0.464 e. The van der Waals surface area contributed by atoms with Crippen molar-refractivity contribution in [3.05, 3.63) is 87.6 Å². The van der Waals surface area contributed by atoms with Crippen molar-refractivity contribution in [3.63, 3.8) is 0 Å². The van der Waals surface area contributed by atoms with Crippen LogP contribution in [0.3, 0.4) is 0 Å². The molecule has 0 N–H and O–H groups in total. The van der Waals surface area contributed by atoms with E-state index in [-0.39, 0.29) is 18.7 Å². The molecular formula is C23H16BrFN2O3. The molecule has 0 bridgehead atoms. The van der Waals surface area contributed by atoms with E-state index in [1.54, 1.807) is 12.1 Å². The third kappa shape index (κ3) is 2.76. The standard InChI is InChI=1S/C23H16BrFN2O3/c24-14-6-8-20-16(10-14)19-11-18(13-5-7-21-22(9-13)29-12-28-21)26-27(19)23(30-20)15-3-1-2-4-17(15)25/h1-10,19,23H,11-12H2/t19-,23+/m0/s1. The maximum absolute atomic E-state index is 14.6. The number of fused-ring (bicyclic) bond motifs is 4. The van der Waals surface area contributed by atoms with E-state index in [1.807, 2.05) is 47.5 Å². The summed E-state index contributed by atoms with van der Waals surface area (Å²) in [6, 6.07) is 18.3. The molecular weight excluding hydrogens is 451 g/mol. The van der Waals surface area contributed by atoms with Crippen molar-refractivity contribution in [3.8, 4) is 17.2 Å². The molecule has 6 rings (SSSR count). The molecule has 0 radical (unpaired) electrons. The van der Waals surface area contributed by atoms with Gasteiger partial charge in [-0.05, 0) is 42.5 Å². The summed E-state index contributed by atoms with van der Waals surface area (Å²) < 4.78 is 32.8. The van der Waals surface area contributed by atoms with Crippen LogP contribution < -0.4 is 14.2 Å². The lowest BCUT2D eigenvalue weighted by molar-refractivity contribution is -0.0212. The first-order valence-electron chi connectivity index (χ1n) is 9.64. The number of nitrogens with zero attached hydrogens (tertiary/aromatic N) is 2. The second-order valence-corrected chi connectivity index (χ2v) is 8.30. The molecule has 0 spiro atoms. The van der Waals surface area contributed by atoms with Crippen molar-refractivity contribution in [2.24, 2.45) is 5.10 Å². The number of halogens is 2. The van der Waals surface area contributed by atoms with Crippen LogP contribution in [-0.2, 0) is 0 Å². The van der Waals surface area contributed by atoms with E-state index in [4.69, 9.17) is 19.3 Å². The second kappa shape index (κ2) is 6.74. The molecule has 3 aromatic carbocycles. The number of ether oxygens (including phenoxy) is 3. The zero-order valence-electron chi connectivity index (χ0n) is 15.7. The molecule has 3 aliphatic rings. The molecule has 0 fully saturated rings. The zero-order chi connectivity index (χ0) is 20.2. The number of hydrazone groups is 1. The normalized spacial score (nSPS) is 21.0. The number of benzene rings is 3. The first kappa shape index (κ1) is 17.8. The second-order valence-electron chi connectivity index (χ2n) is 7.39. The minimum Gasteiger partial charge on any atom is -0.464 e. The summed E-state index contributed by atoms with van der Waals surface area (Å²) in [6.07, 6.45) is 0.0358. The van der Waals surface area contributed by atoms with Gasteiger partial charge in [0.05, 0.1) is 17.3 Å². The molecule has 3 aromatic rings. The number of rotatable bonds is 2. The predicted molar refractivity (Wildman–Crippen MR) is 112 cm³/mol. The van der Waals surface area contributed by atoms with Crippen molar-refractivity contribution in [1.29, 1.82) is 0 Å². The van der Waals surface area contributed by atoms with Crippen LogP contribution in [0.1, 0.15) is 35.4 Å². The molecule has 0 aromatic heterocycles. The van der Waals surface area contributed by atoms with E-state index in [1.165, 1.54) is 6.07 Å². The average Bonchev–Trinajstić information content (AvgIpc) is 3.40. The first-order valence-corrected chi connectivity index (χ1v) is 10.4. The van der Waals surface area contributed by atoms with Crippen LogP contribution in [0.4, 0.5) is 4.39 Å². The smallest absolute Gasteiger partial charge is 0.231 e. The van der Waals surface area contributed by atoms with Gasteiger partial charge in [0, 0.05) is 22.0 Å². The van der Waals surface area contributed by atoms with E-state index in [2.05, 4.69) is 15.9 Å². The zero-order valence-corrected chi connectivity index (χ0v) is 17.3. The molecule has 5 nitrogen and oxygen atoms in total. The van der Waals surface area contributed by atoms with Gasteiger partial charge in [0.15, 0.2) is 11.5 Å². The quantitative estimate of drug-likeness (QED) is 0.495. The van der Waals surface area contributed by atoms with Gasteiger partial charge >= 0.3 is 0 Å². The fourth-order valence-electron chi connectivity index (χ4n) is 4.19. The molecule has 3 heterocycles. The molecule has 2 atom stereocenters. The number of hydrogen-bond donors (Lipinski definition) is 0. The first-order chi connectivity index (χ1) is 14.7. The highest BCUT2D eigenvalue weighted by atomic mass is 79.9. The van der Waals surface area contributed by atoms with Crippen LogP contribution in [0.15, 0.2) is 70.2 Å². The van der Waals surface area contributed by atoms with Crippen molar-refractivity contribution < 1.29 is 18.6 Å². The van der Waals surface area contributed by atoms with Gasteiger partial charge in [-0.15, -0.1) is 0 Å². The highest BCUT2D eigenvalue weighted by Crippen LogP contribution is 2.48. The highest BCUT2D eigenvalue weighted by Gasteiger charge is 2.42. The van der Waals surface area contributed by atoms with E-state index in [9.17, 15) is 4.39 Å². The Morgan fingerprint density at radius 1 is 0.933 bits per heavy atom. The molecule has 7 heteroatoms. The van der Waals surface area contributed by atoms with Crippen LogP contribution in [0.5, 0.6) is 17.2 Å². The molecule has 0 amide bonds. The molecule has 0 unspecified atom stereocenters. The van der Waals surface area contributed by atoms with E-state index in [0.717, 1.165) is 32.8 Å². The fourth-order valence-corrected chi connectivity index (χ4v) is 4.57. The van der Waals surface area contributed by atoms with Crippen LogP contribution in [-0.4, -0.2) is 17.5 Å². The Kier molecular flexibility index (Phi) is 3.99. The van der Waals surface area contributed by atoms with Gasteiger partial charge in [0.2, 0.25) is 13.0 Å². The molecule has 3 aliphatic heterocycles. The van der Waals surface area contributed by atoms with Gasteiger partial charge in [-0.2, -0.15) is 5.10 Å². The van der Waals surface area contributed by atoms with E-state index in [0.29, 0.717) is 17.7 Å². The van der Waals surface area contributed by atoms with Crippen molar-refractivity contribution in [2.45, 2.75) is 18.7 Å². The lowest BCUT2D eigenvalue weighted by Gasteiger charge is -2.38. The Labute approximate surface area is 180 Å². The van der Waals surface area contributed by atoms with Crippen LogP contribution in [0.2, 0.25) is 0 Å². The molecule has 0 aliphatic carbocycles. The SMILES string of the molecule is Fc1ccccc1[C@H]1Oc2ccc(Br)cc2[C@@H]2CC(c3ccc4c(c3)OCO4)=NN12. The highest BCUT2D eigenvalue weighted by molar-refractivity contribution is 9.10. The Morgan fingerprint density at radius 3 is 2.67 bits per heavy atom. The maximum atomic E-state index is 14.6. The lowest BCUT2D eigenvalue weighted by atomic mass is 9.95. The summed E-state index contributed by atoms with van der Waals surface area (Å²) in [5, 5.41) is 6.75. The van der Waals surface area contributed by atoms with Gasteiger partial charge in [0.25, 0.3) is 0 Å². The summed E-state index contributed by atoms with van der Waals surface area (Å²) in [5.74, 6) is 1.88. The van der Waals surface area contributed by atoms with E-state index < -0.39 is 6.23 Å². The molecule has 0 saturated heterocycles. The Bertz CT molecular complexity index is 1200. The van der Waals surface area contributed by atoms with Crippen LogP contribution >= 0.6 is 15.9 Å². The van der Waals surface area contributed by atoms with Gasteiger partial charge in [-0.1, -0.05) is 34.1 Å². The fraction of sp³-hybridized carbons (Fsp3) is 0.174. The Hall–Kier alpha value is -3.06. The van der Waals surface area contributed by atoms with Gasteiger partial charge in [0.1, 0.15) is 11.6 Å². The molecule has 30 heavy (non-hydrogen) atoms. The lowest BCUT2D eigenvalue weighted by Crippen LogP contribution is -2.34. The average molecular weight is 467 g/mol. The monoisotopic (exact) mass is 466 g/mol. The third-order valence-electron chi connectivity index (χ3n) is 5.63. The van der Waals surface area contributed by atoms with Gasteiger partial charge in [-0.25, -0.2) is 9.40 Å². The van der Waals surface area contributed by atoms with Crippen LogP contribution in [0, 0.1) is 5.82 Å². The Balaban J connectivity index is 1.45. The summed E-state index contributed by atoms with van der Waals surface area (Å²) in [7, 11) is 0. The molecule has 150 valence electrons. The minimum atomic E-state index is -0.642. The number of hydrogen-bond acceptors (Lipinski definition) is 5. The van der Waals surface area contributed by atoms with E-state index >= 15 is 0 Å². The predicted octanol–water partition coefficient (Wildman–Crippen LogP) is 5.56. The minimum absolute atomic E-state index is 0.0590. The Morgan fingerprint density at radius 2 is 1.77 bits per heavy atom.